The molecule has 8 heteroatoms. The number of benzene rings is 1. The summed E-state index contributed by atoms with van der Waals surface area (Å²) in [5, 5.41) is 10.5. The molecule has 0 bridgehead atoms. The van der Waals surface area contributed by atoms with Crippen LogP contribution in [-0.4, -0.2) is 27.3 Å². The first-order valence-electron chi connectivity index (χ1n) is 8.42. The maximum atomic E-state index is 5.90. The fourth-order valence-corrected chi connectivity index (χ4v) is 4.77. The molecule has 0 unspecified atom stereocenters. The van der Waals surface area contributed by atoms with Gasteiger partial charge >= 0.3 is 0 Å². The van der Waals surface area contributed by atoms with Crippen molar-refractivity contribution >= 4 is 33.3 Å². The van der Waals surface area contributed by atoms with E-state index in [1.807, 2.05) is 31.2 Å². The standard InChI is InChI=1S/C19H18N4O2S2/c1-10-11(2)26-18-15(10)19(21-9-20-18)27-12(3)16-22-23-17(25-16)13-5-7-14(24-4)8-6-13/h5-9,12H,1-4H3/t12-/m1/s1. The Labute approximate surface area is 165 Å². The van der Waals surface area contributed by atoms with Gasteiger partial charge in [0.1, 0.15) is 21.9 Å². The van der Waals surface area contributed by atoms with Crippen LogP contribution in [-0.2, 0) is 0 Å². The second kappa shape index (κ2) is 7.28. The largest absolute Gasteiger partial charge is 0.497 e. The summed E-state index contributed by atoms with van der Waals surface area (Å²) in [5.74, 6) is 1.86. The number of hydrogen-bond acceptors (Lipinski definition) is 8. The molecule has 0 amide bonds. The number of aromatic nitrogens is 4. The lowest BCUT2D eigenvalue weighted by Crippen LogP contribution is -1.92. The van der Waals surface area contributed by atoms with E-state index in [9.17, 15) is 0 Å². The van der Waals surface area contributed by atoms with Crippen molar-refractivity contribution in [2.24, 2.45) is 0 Å². The number of aryl methyl sites for hydroxylation is 2. The van der Waals surface area contributed by atoms with Gasteiger partial charge < -0.3 is 9.15 Å². The molecule has 27 heavy (non-hydrogen) atoms. The Hall–Kier alpha value is -2.45. The summed E-state index contributed by atoms with van der Waals surface area (Å²) in [4.78, 5) is 11.2. The van der Waals surface area contributed by atoms with E-state index in [0.717, 1.165) is 26.6 Å². The molecule has 0 spiro atoms. The summed E-state index contributed by atoms with van der Waals surface area (Å²) in [6.07, 6.45) is 1.61. The minimum atomic E-state index is -0.0257. The number of rotatable bonds is 5. The average molecular weight is 399 g/mol. The second-order valence-electron chi connectivity index (χ2n) is 6.08. The first kappa shape index (κ1) is 17.9. The Morgan fingerprint density at radius 3 is 2.63 bits per heavy atom. The number of thiophene rings is 1. The van der Waals surface area contributed by atoms with Crippen LogP contribution in [0.4, 0.5) is 0 Å². The Morgan fingerprint density at radius 2 is 1.89 bits per heavy atom. The molecule has 1 aromatic carbocycles. The fraction of sp³-hybridized carbons (Fsp3) is 0.263. The molecule has 3 heterocycles. The van der Waals surface area contributed by atoms with Gasteiger partial charge in [0.25, 0.3) is 0 Å². The van der Waals surface area contributed by atoms with E-state index in [1.165, 1.54) is 10.4 Å². The van der Waals surface area contributed by atoms with Crippen molar-refractivity contribution in [1.29, 1.82) is 0 Å². The maximum Gasteiger partial charge on any atom is 0.247 e. The third-order valence-corrected chi connectivity index (χ3v) is 6.55. The predicted molar refractivity (Wildman–Crippen MR) is 107 cm³/mol. The molecule has 4 aromatic rings. The van der Waals surface area contributed by atoms with Gasteiger partial charge in [-0.1, -0.05) is 11.8 Å². The van der Waals surface area contributed by atoms with E-state index in [4.69, 9.17) is 9.15 Å². The van der Waals surface area contributed by atoms with Crippen molar-refractivity contribution in [3.63, 3.8) is 0 Å². The average Bonchev–Trinajstić information content (AvgIpc) is 3.28. The van der Waals surface area contributed by atoms with Crippen molar-refractivity contribution < 1.29 is 9.15 Å². The normalized spacial score (nSPS) is 12.4. The molecule has 0 N–H and O–H groups in total. The molecule has 0 fully saturated rings. The zero-order valence-corrected chi connectivity index (χ0v) is 17.0. The highest BCUT2D eigenvalue weighted by atomic mass is 32.2. The van der Waals surface area contributed by atoms with E-state index in [1.54, 1.807) is 36.5 Å². The SMILES string of the molecule is COc1ccc(-c2nnc([C@@H](C)Sc3ncnc4sc(C)c(C)c34)o2)cc1. The number of nitrogens with zero attached hydrogens (tertiary/aromatic N) is 4. The summed E-state index contributed by atoms with van der Waals surface area (Å²) in [7, 11) is 1.64. The topological polar surface area (TPSA) is 73.9 Å². The lowest BCUT2D eigenvalue weighted by Gasteiger charge is -2.07. The molecule has 0 aliphatic heterocycles. The second-order valence-corrected chi connectivity index (χ2v) is 8.61. The zero-order valence-electron chi connectivity index (χ0n) is 15.4. The van der Waals surface area contributed by atoms with E-state index in [-0.39, 0.29) is 5.25 Å². The minimum Gasteiger partial charge on any atom is -0.497 e. The van der Waals surface area contributed by atoms with E-state index >= 15 is 0 Å². The van der Waals surface area contributed by atoms with E-state index < -0.39 is 0 Å². The molecule has 0 aliphatic carbocycles. The van der Waals surface area contributed by atoms with Gasteiger partial charge in [-0.3, -0.25) is 0 Å². The monoisotopic (exact) mass is 398 g/mol. The Balaban J connectivity index is 1.59. The quantitative estimate of drug-likeness (QED) is 0.337. The molecule has 3 aromatic heterocycles. The number of thioether (sulfide) groups is 1. The molecular formula is C19H18N4O2S2. The molecule has 0 aliphatic rings. The molecule has 0 saturated heterocycles. The van der Waals surface area contributed by atoms with Gasteiger partial charge in [0.15, 0.2) is 0 Å². The van der Waals surface area contributed by atoms with Crippen LogP contribution < -0.4 is 4.74 Å². The van der Waals surface area contributed by atoms with Crippen molar-refractivity contribution in [3.8, 4) is 17.2 Å². The summed E-state index contributed by atoms with van der Waals surface area (Å²) in [5.41, 5.74) is 2.09. The number of hydrogen-bond donors (Lipinski definition) is 0. The molecule has 6 nitrogen and oxygen atoms in total. The van der Waals surface area contributed by atoms with Crippen LogP contribution in [0.5, 0.6) is 5.75 Å². The van der Waals surface area contributed by atoms with Crippen molar-refractivity contribution in [2.75, 3.05) is 7.11 Å². The molecular weight excluding hydrogens is 380 g/mol. The highest BCUT2D eigenvalue weighted by Crippen LogP contribution is 2.40. The number of methoxy groups -OCH3 is 1. The van der Waals surface area contributed by atoms with Crippen molar-refractivity contribution in [2.45, 2.75) is 31.0 Å². The van der Waals surface area contributed by atoms with Gasteiger partial charge in [0.2, 0.25) is 11.8 Å². The van der Waals surface area contributed by atoms with Crippen LogP contribution in [0.1, 0.15) is 28.5 Å². The van der Waals surface area contributed by atoms with Crippen LogP contribution in [0.3, 0.4) is 0 Å². The van der Waals surface area contributed by atoms with Gasteiger partial charge in [-0.15, -0.1) is 21.5 Å². The van der Waals surface area contributed by atoms with Gasteiger partial charge in [-0.2, -0.15) is 0 Å². The molecule has 138 valence electrons. The van der Waals surface area contributed by atoms with Crippen molar-refractivity contribution in [1.82, 2.24) is 20.2 Å². The Bertz CT molecular complexity index is 1090. The molecule has 0 saturated carbocycles. The third-order valence-electron chi connectivity index (χ3n) is 4.34. The lowest BCUT2D eigenvalue weighted by atomic mass is 10.2. The maximum absolute atomic E-state index is 5.90. The number of ether oxygens (including phenoxy) is 1. The van der Waals surface area contributed by atoms with E-state index in [0.29, 0.717) is 11.8 Å². The lowest BCUT2D eigenvalue weighted by molar-refractivity contribution is 0.415. The minimum absolute atomic E-state index is 0.0257. The highest BCUT2D eigenvalue weighted by Gasteiger charge is 2.20. The molecule has 1 atom stereocenters. The van der Waals surface area contributed by atoms with Gasteiger partial charge in [0, 0.05) is 15.8 Å². The van der Waals surface area contributed by atoms with Gasteiger partial charge in [-0.25, -0.2) is 9.97 Å². The highest BCUT2D eigenvalue weighted by molar-refractivity contribution is 7.99. The van der Waals surface area contributed by atoms with Crippen LogP contribution in [0, 0.1) is 13.8 Å². The first-order chi connectivity index (χ1) is 13.1. The summed E-state index contributed by atoms with van der Waals surface area (Å²) < 4.78 is 11.1. The molecule has 4 rings (SSSR count). The zero-order chi connectivity index (χ0) is 19.0. The predicted octanol–water partition coefficient (Wildman–Crippen LogP) is 5.22. The summed E-state index contributed by atoms with van der Waals surface area (Å²) in [6.45, 7) is 6.26. The smallest absolute Gasteiger partial charge is 0.247 e. The summed E-state index contributed by atoms with van der Waals surface area (Å²) in [6, 6.07) is 7.55. The fourth-order valence-electron chi connectivity index (χ4n) is 2.71. The Kier molecular flexibility index (Phi) is 4.84. The van der Waals surface area contributed by atoms with Crippen LogP contribution >= 0.6 is 23.1 Å². The molecule has 0 radical (unpaired) electrons. The third kappa shape index (κ3) is 3.42. The first-order valence-corrected chi connectivity index (χ1v) is 10.1. The van der Waals surface area contributed by atoms with Crippen LogP contribution in [0.25, 0.3) is 21.7 Å². The van der Waals surface area contributed by atoms with Crippen LogP contribution in [0.2, 0.25) is 0 Å². The van der Waals surface area contributed by atoms with Gasteiger partial charge in [-0.05, 0) is 50.6 Å². The van der Waals surface area contributed by atoms with Crippen LogP contribution in [0.15, 0.2) is 40.0 Å². The number of fused-ring (bicyclic) bond motifs is 1. The van der Waals surface area contributed by atoms with Crippen molar-refractivity contribution in [3.05, 3.63) is 46.9 Å². The summed E-state index contributed by atoms with van der Waals surface area (Å²) >= 11 is 3.30. The van der Waals surface area contributed by atoms with Gasteiger partial charge in [0.05, 0.1) is 12.4 Å². The van der Waals surface area contributed by atoms with E-state index in [2.05, 4.69) is 34.0 Å². The Morgan fingerprint density at radius 1 is 1.11 bits per heavy atom.